The molecule has 1 aromatic carbocycles. The fraction of sp³-hybridized carbons (Fsp3) is 0.632. The van der Waals surface area contributed by atoms with Crippen LogP contribution in [-0.4, -0.2) is 51.2 Å². The van der Waals surface area contributed by atoms with Crippen LogP contribution in [0.15, 0.2) is 29.2 Å². The van der Waals surface area contributed by atoms with E-state index in [2.05, 4.69) is 0 Å². The Morgan fingerprint density at radius 2 is 1.89 bits per heavy atom. The molecular weight excluding hydrogens is 388 g/mol. The highest BCUT2D eigenvalue weighted by atomic mass is 35.5. The van der Waals surface area contributed by atoms with Gasteiger partial charge in [-0.15, -0.1) is 12.4 Å². The van der Waals surface area contributed by atoms with Crippen molar-refractivity contribution >= 4 is 28.2 Å². The molecule has 0 radical (unpaired) electrons. The third kappa shape index (κ3) is 5.59. The normalized spacial score (nSPS) is 24.4. The highest BCUT2D eigenvalue weighted by Gasteiger charge is 2.42. The number of ether oxygens (including phenoxy) is 1. The van der Waals surface area contributed by atoms with Gasteiger partial charge in [0.05, 0.1) is 11.5 Å². The maximum Gasteiger partial charge on any atom is 0.222 e. The van der Waals surface area contributed by atoms with Crippen molar-refractivity contribution in [1.29, 1.82) is 0 Å². The van der Waals surface area contributed by atoms with E-state index in [9.17, 15) is 13.2 Å². The first-order valence-electron chi connectivity index (χ1n) is 9.31. The molecule has 1 saturated carbocycles. The molecule has 0 aromatic heterocycles. The van der Waals surface area contributed by atoms with Crippen molar-refractivity contribution in [2.75, 3.05) is 26.0 Å². The number of halogens is 1. The zero-order chi connectivity index (χ0) is 18.7. The van der Waals surface area contributed by atoms with Gasteiger partial charge in [-0.25, -0.2) is 8.42 Å². The number of nitrogens with zero attached hydrogens (tertiary/aromatic N) is 1. The molecule has 3 rings (SSSR count). The lowest BCUT2D eigenvalue weighted by molar-refractivity contribution is -0.130. The quantitative estimate of drug-likeness (QED) is 0.688. The average Bonchev–Trinajstić information content (AvgIpc) is 3.16. The van der Waals surface area contributed by atoms with Crippen molar-refractivity contribution in [3.05, 3.63) is 24.3 Å². The average molecular weight is 417 g/mol. The summed E-state index contributed by atoms with van der Waals surface area (Å²) in [6.45, 7) is 2.22. The Kier molecular flexibility index (Phi) is 7.54. The van der Waals surface area contributed by atoms with Gasteiger partial charge in [-0.3, -0.25) is 4.79 Å². The van der Waals surface area contributed by atoms with Crippen LogP contribution in [0.1, 0.15) is 32.1 Å². The number of nitrogens with two attached hydrogens (primary N) is 1. The minimum atomic E-state index is -3.18. The van der Waals surface area contributed by atoms with Gasteiger partial charge in [-0.2, -0.15) is 0 Å². The Bertz CT molecular complexity index is 739. The maximum absolute atomic E-state index is 12.3. The lowest BCUT2D eigenvalue weighted by Crippen LogP contribution is -2.33. The Morgan fingerprint density at radius 3 is 2.52 bits per heavy atom. The fourth-order valence-corrected chi connectivity index (χ4v) is 4.65. The third-order valence-corrected chi connectivity index (χ3v) is 6.70. The highest BCUT2D eigenvalue weighted by molar-refractivity contribution is 7.90. The summed E-state index contributed by atoms with van der Waals surface area (Å²) in [6, 6.07) is 6.67. The van der Waals surface area contributed by atoms with Gasteiger partial charge in [0, 0.05) is 31.8 Å². The third-order valence-electron chi connectivity index (χ3n) is 5.57. The predicted molar refractivity (Wildman–Crippen MR) is 107 cm³/mol. The van der Waals surface area contributed by atoms with E-state index in [1.807, 2.05) is 4.90 Å². The standard InChI is InChI=1S/C19H28N2O4S.ClH/c1-26(23,24)16-8-6-15(7-9-16)25-11-3-2-4-19(22)21-12-14-5-10-18(20)17(14)13-21;/h6-9,14,17-18H,2-5,10-13,20H2,1H3;1H. The smallest absolute Gasteiger partial charge is 0.222 e. The van der Waals surface area contributed by atoms with Crippen LogP contribution in [0.5, 0.6) is 5.75 Å². The van der Waals surface area contributed by atoms with E-state index in [0.717, 1.165) is 38.8 Å². The molecule has 2 N–H and O–H groups in total. The van der Waals surface area contributed by atoms with Gasteiger partial charge in [0.1, 0.15) is 5.75 Å². The summed E-state index contributed by atoms with van der Waals surface area (Å²) in [5, 5.41) is 0. The number of rotatable bonds is 7. The van der Waals surface area contributed by atoms with Crippen LogP contribution in [-0.2, 0) is 14.6 Å². The summed E-state index contributed by atoms with van der Waals surface area (Å²) in [6.07, 6.45) is 5.56. The van der Waals surface area contributed by atoms with Gasteiger partial charge in [0.2, 0.25) is 5.91 Å². The molecule has 8 heteroatoms. The molecule has 1 saturated heterocycles. The monoisotopic (exact) mass is 416 g/mol. The number of likely N-dealkylation sites (tertiary alicyclic amines) is 1. The SMILES string of the molecule is CS(=O)(=O)c1ccc(OCCCCC(=O)N2CC3CCC(N)C3C2)cc1.Cl. The summed E-state index contributed by atoms with van der Waals surface area (Å²) >= 11 is 0. The molecule has 27 heavy (non-hydrogen) atoms. The van der Waals surface area contributed by atoms with Crippen molar-refractivity contribution in [3.63, 3.8) is 0 Å². The van der Waals surface area contributed by atoms with E-state index < -0.39 is 9.84 Å². The molecule has 1 aromatic rings. The molecule has 1 amide bonds. The Morgan fingerprint density at radius 1 is 1.19 bits per heavy atom. The van der Waals surface area contributed by atoms with E-state index in [0.29, 0.717) is 30.6 Å². The van der Waals surface area contributed by atoms with Gasteiger partial charge in [0.15, 0.2) is 9.84 Å². The van der Waals surface area contributed by atoms with Crippen molar-refractivity contribution in [1.82, 2.24) is 4.90 Å². The summed E-state index contributed by atoms with van der Waals surface area (Å²) in [4.78, 5) is 14.6. The van der Waals surface area contributed by atoms with Crippen LogP contribution < -0.4 is 10.5 Å². The van der Waals surface area contributed by atoms with E-state index >= 15 is 0 Å². The number of hydrogen-bond acceptors (Lipinski definition) is 5. The molecule has 2 aliphatic rings. The molecule has 1 heterocycles. The summed E-state index contributed by atoms with van der Waals surface area (Å²) in [5.41, 5.74) is 6.12. The summed E-state index contributed by atoms with van der Waals surface area (Å²) in [7, 11) is -3.18. The second kappa shape index (κ2) is 9.26. The van der Waals surface area contributed by atoms with Crippen LogP contribution in [0.4, 0.5) is 0 Å². The van der Waals surface area contributed by atoms with Crippen LogP contribution in [0.2, 0.25) is 0 Å². The first kappa shape index (κ1) is 22.0. The number of carbonyl (C=O) groups excluding carboxylic acids is 1. The van der Waals surface area contributed by atoms with Gasteiger partial charge in [0.25, 0.3) is 0 Å². The second-order valence-electron chi connectivity index (χ2n) is 7.51. The van der Waals surface area contributed by atoms with Crippen LogP contribution in [0.3, 0.4) is 0 Å². The Labute approximate surface area is 167 Å². The van der Waals surface area contributed by atoms with Crippen molar-refractivity contribution in [2.45, 2.75) is 43.0 Å². The number of fused-ring (bicyclic) bond motifs is 1. The van der Waals surface area contributed by atoms with Crippen molar-refractivity contribution < 1.29 is 17.9 Å². The number of carbonyl (C=O) groups is 1. The van der Waals surface area contributed by atoms with Gasteiger partial charge >= 0.3 is 0 Å². The Balaban J connectivity index is 0.00000261. The first-order valence-corrected chi connectivity index (χ1v) is 11.2. The second-order valence-corrected chi connectivity index (χ2v) is 9.53. The molecule has 2 fully saturated rings. The summed E-state index contributed by atoms with van der Waals surface area (Å²) < 4.78 is 28.4. The number of unbranched alkanes of at least 4 members (excludes halogenated alkanes) is 1. The predicted octanol–water partition coefficient (Wildman–Crippen LogP) is 2.26. The minimum absolute atomic E-state index is 0. The minimum Gasteiger partial charge on any atom is -0.494 e. The number of sulfone groups is 1. The molecule has 1 aliphatic heterocycles. The summed E-state index contributed by atoms with van der Waals surface area (Å²) in [5.74, 6) is 1.97. The largest absolute Gasteiger partial charge is 0.494 e. The molecule has 6 nitrogen and oxygen atoms in total. The highest BCUT2D eigenvalue weighted by Crippen LogP contribution is 2.37. The molecule has 1 aliphatic carbocycles. The first-order chi connectivity index (χ1) is 12.3. The number of amides is 1. The molecular formula is C19H29ClN2O4S. The van der Waals surface area contributed by atoms with E-state index in [-0.39, 0.29) is 29.3 Å². The van der Waals surface area contributed by atoms with Gasteiger partial charge in [-0.1, -0.05) is 0 Å². The van der Waals surface area contributed by atoms with E-state index in [1.54, 1.807) is 24.3 Å². The van der Waals surface area contributed by atoms with E-state index in [4.69, 9.17) is 10.5 Å². The molecule has 0 bridgehead atoms. The zero-order valence-electron chi connectivity index (χ0n) is 15.7. The molecule has 0 spiro atoms. The van der Waals surface area contributed by atoms with E-state index in [1.165, 1.54) is 6.26 Å². The van der Waals surface area contributed by atoms with Crippen molar-refractivity contribution in [2.24, 2.45) is 17.6 Å². The zero-order valence-corrected chi connectivity index (χ0v) is 17.3. The van der Waals surface area contributed by atoms with Crippen LogP contribution in [0.25, 0.3) is 0 Å². The molecule has 3 atom stereocenters. The Hall–Kier alpha value is -1.31. The lowest BCUT2D eigenvalue weighted by atomic mass is 9.98. The topological polar surface area (TPSA) is 89.7 Å². The van der Waals surface area contributed by atoms with Gasteiger partial charge in [-0.05, 0) is 61.8 Å². The molecule has 152 valence electrons. The maximum atomic E-state index is 12.3. The lowest BCUT2D eigenvalue weighted by Gasteiger charge is -2.18. The number of benzene rings is 1. The van der Waals surface area contributed by atoms with Crippen LogP contribution in [0, 0.1) is 11.8 Å². The van der Waals surface area contributed by atoms with Crippen LogP contribution >= 0.6 is 12.4 Å². The number of hydrogen-bond donors (Lipinski definition) is 1. The molecule has 3 unspecified atom stereocenters. The van der Waals surface area contributed by atoms with Gasteiger partial charge < -0.3 is 15.4 Å². The van der Waals surface area contributed by atoms with Crippen molar-refractivity contribution in [3.8, 4) is 5.75 Å². The fourth-order valence-electron chi connectivity index (χ4n) is 4.02.